The summed E-state index contributed by atoms with van der Waals surface area (Å²) >= 11 is 0. The molecule has 1 aliphatic carbocycles. The molecule has 0 unspecified atom stereocenters. The standard InChI is InChI=1S/C15H16F2N2O2/c16-11-4-3-10(9-12(11)17)18-13(20)15(5-6-15)14(21)19-7-1-2-8-19/h3-4,9H,1-2,5-8H2,(H,18,20). The van der Waals surface area contributed by atoms with Crippen molar-refractivity contribution in [2.75, 3.05) is 18.4 Å². The summed E-state index contributed by atoms with van der Waals surface area (Å²) in [6.07, 6.45) is 2.95. The van der Waals surface area contributed by atoms with Crippen LogP contribution in [0.5, 0.6) is 0 Å². The van der Waals surface area contributed by atoms with E-state index in [4.69, 9.17) is 0 Å². The van der Waals surface area contributed by atoms with Crippen molar-refractivity contribution >= 4 is 17.5 Å². The number of carbonyl (C=O) groups is 2. The molecule has 1 N–H and O–H groups in total. The van der Waals surface area contributed by atoms with Crippen molar-refractivity contribution in [1.29, 1.82) is 0 Å². The molecule has 1 aromatic carbocycles. The maximum absolute atomic E-state index is 13.1. The van der Waals surface area contributed by atoms with E-state index < -0.39 is 23.0 Å². The molecule has 0 radical (unpaired) electrons. The van der Waals surface area contributed by atoms with Crippen LogP contribution in [-0.2, 0) is 9.59 Å². The molecule has 6 heteroatoms. The Bertz CT molecular complexity index is 593. The average molecular weight is 294 g/mol. The van der Waals surface area contributed by atoms with Gasteiger partial charge in [0, 0.05) is 24.8 Å². The summed E-state index contributed by atoms with van der Waals surface area (Å²) < 4.78 is 26.0. The number of hydrogen-bond acceptors (Lipinski definition) is 2. The van der Waals surface area contributed by atoms with Crippen LogP contribution in [0.15, 0.2) is 18.2 Å². The number of carbonyl (C=O) groups excluding carboxylic acids is 2. The van der Waals surface area contributed by atoms with Gasteiger partial charge in [0.25, 0.3) is 0 Å². The van der Waals surface area contributed by atoms with E-state index in [2.05, 4.69) is 5.32 Å². The number of amides is 2. The fourth-order valence-electron chi connectivity index (χ4n) is 2.71. The van der Waals surface area contributed by atoms with Gasteiger partial charge in [-0.05, 0) is 37.8 Å². The number of nitrogens with one attached hydrogen (secondary N) is 1. The lowest BCUT2D eigenvalue weighted by Crippen LogP contribution is -2.41. The molecule has 0 bridgehead atoms. The van der Waals surface area contributed by atoms with Crippen LogP contribution in [0.1, 0.15) is 25.7 Å². The Morgan fingerprint density at radius 2 is 1.76 bits per heavy atom. The van der Waals surface area contributed by atoms with Crippen LogP contribution in [0.2, 0.25) is 0 Å². The van der Waals surface area contributed by atoms with Crippen molar-refractivity contribution < 1.29 is 18.4 Å². The molecule has 1 saturated heterocycles. The van der Waals surface area contributed by atoms with Crippen molar-refractivity contribution in [3.63, 3.8) is 0 Å². The van der Waals surface area contributed by atoms with Gasteiger partial charge in [0.1, 0.15) is 5.41 Å². The summed E-state index contributed by atoms with van der Waals surface area (Å²) in [7, 11) is 0. The van der Waals surface area contributed by atoms with E-state index in [1.165, 1.54) is 6.07 Å². The molecule has 21 heavy (non-hydrogen) atoms. The highest BCUT2D eigenvalue weighted by molar-refractivity contribution is 6.13. The van der Waals surface area contributed by atoms with Gasteiger partial charge >= 0.3 is 0 Å². The normalized spacial score (nSPS) is 19.4. The van der Waals surface area contributed by atoms with Gasteiger partial charge in [-0.2, -0.15) is 0 Å². The monoisotopic (exact) mass is 294 g/mol. The molecule has 2 aliphatic rings. The Morgan fingerprint density at radius 3 is 2.33 bits per heavy atom. The minimum atomic E-state index is -1.02. The molecule has 1 aliphatic heterocycles. The molecular weight excluding hydrogens is 278 g/mol. The van der Waals surface area contributed by atoms with E-state index in [9.17, 15) is 18.4 Å². The number of halogens is 2. The summed E-state index contributed by atoms with van der Waals surface area (Å²) in [5, 5.41) is 2.52. The van der Waals surface area contributed by atoms with Crippen LogP contribution in [0.4, 0.5) is 14.5 Å². The van der Waals surface area contributed by atoms with Crippen molar-refractivity contribution in [3.05, 3.63) is 29.8 Å². The third-order valence-corrected chi connectivity index (χ3v) is 4.16. The number of benzene rings is 1. The number of anilines is 1. The fourth-order valence-corrected chi connectivity index (χ4v) is 2.71. The zero-order valence-electron chi connectivity index (χ0n) is 11.5. The highest BCUT2D eigenvalue weighted by Gasteiger charge is 2.58. The summed E-state index contributed by atoms with van der Waals surface area (Å²) in [5.74, 6) is -2.56. The second-order valence-electron chi connectivity index (χ2n) is 5.66. The van der Waals surface area contributed by atoms with Crippen LogP contribution in [0.3, 0.4) is 0 Å². The predicted octanol–water partition coefficient (Wildman–Crippen LogP) is 2.31. The van der Waals surface area contributed by atoms with Gasteiger partial charge in [0.15, 0.2) is 11.6 Å². The van der Waals surface area contributed by atoms with Crippen LogP contribution < -0.4 is 5.32 Å². The molecule has 112 valence electrons. The topological polar surface area (TPSA) is 49.4 Å². The Kier molecular flexibility index (Phi) is 3.39. The van der Waals surface area contributed by atoms with Gasteiger partial charge in [0.05, 0.1) is 0 Å². The van der Waals surface area contributed by atoms with E-state index in [1.54, 1.807) is 4.90 Å². The van der Waals surface area contributed by atoms with Crippen LogP contribution >= 0.6 is 0 Å². The summed E-state index contributed by atoms with van der Waals surface area (Å²) in [5.41, 5.74) is -0.839. The van der Waals surface area contributed by atoms with Gasteiger partial charge in [-0.1, -0.05) is 0 Å². The number of rotatable bonds is 3. The second-order valence-corrected chi connectivity index (χ2v) is 5.66. The second kappa shape index (κ2) is 5.09. The van der Waals surface area contributed by atoms with Crippen molar-refractivity contribution in [2.24, 2.45) is 5.41 Å². The number of likely N-dealkylation sites (tertiary alicyclic amines) is 1. The largest absolute Gasteiger partial charge is 0.342 e. The molecule has 4 nitrogen and oxygen atoms in total. The predicted molar refractivity (Wildman–Crippen MR) is 72.5 cm³/mol. The summed E-state index contributed by atoms with van der Waals surface area (Å²) in [6.45, 7) is 1.39. The smallest absolute Gasteiger partial charge is 0.240 e. The van der Waals surface area contributed by atoms with Gasteiger partial charge in [-0.3, -0.25) is 9.59 Å². The lowest BCUT2D eigenvalue weighted by Gasteiger charge is -2.22. The maximum atomic E-state index is 13.1. The van der Waals surface area contributed by atoms with E-state index in [-0.39, 0.29) is 11.6 Å². The van der Waals surface area contributed by atoms with Crippen LogP contribution in [0, 0.1) is 17.0 Å². The minimum absolute atomic E-state index is 0.139. The Balaban J connectivity index is 1.72. The molecule has 0 aromatic heterocycles. The van der Waals surface area contributed by atoms with Crippen molar-refractivity contribution in [3.8, 4) is 0 Å². The van der Waals surface area contributed by atoms with Crippen molar-refractivity contribution in [1.82, 2.24) is 4.90 Å². The Morgan fingerprint density at radius 1 is 1.10 bits per heavy atom. The van der Waals surface area contributed by atoms with Gasteiger partial charge in [0.2, 0.25) is 11.8 Å². The van der Waals surface area contributed by atoms with Crippen LogP contribution in [0.25, 0.3) is 0 Å². The van der Waals surface area contributed by atoms with E-state index in [1.807, 2.05) is 0 Å². The Hall–Kier alpha value is -1.98. The molecule has 0 spiro atoms. The third kappa shape index (κ3) is 2.50. The van der Waals surface area contributed by atoms with E-state index in [0.717, 1.165) is 25.0 Å². The van der Waals surface area contributed by atoms with E-state index >= 15 is 0 Å². The molecule has 1 saturated carbocycles. The third-order valence-electron chi connectivity index (χ3n) is 4.16. The number of nitrogens with zero attached hydrogens (tertiary/aromatic N) is 1. The summed E-state index contributed by atoms with van der Waals surface area (Å²) in [6, 6.07) is 3.16. The first-order valence-electron chi connectivity index (χ1n) is 7.09. The number of hydrogen-bond donors (Lipinski definition) is 1. The van der Waals surface area contributed by atoms with Crippen LogP contribution in [-0.4, -0.2) is 29.8 Å². The zero-order chi connectivity index (χ0) is 15.0. The first kappa shape index (κ1) is 14.0. The molecular formula is C15H16F2N2O2. The molecule has 1 heterocycles. The molecule has 1 aromatic rings. The van der Waals surface area contributed by atoms with Gasteiger partial charge in [-0.25, -0.2) is 8.78 Å². The Labute approximate surface area is 121 Å². The highest BCUT2D eigenvalue weighted by atomic mass is 19.2. The average Bonchev–Trinajstić information content (AvgIpc) is 3.10. The quantitative estimate of drug-likeness (QED) is 0.870. The van der Waals surface area contributed by atoms with Gasteiger partial charge < -0.3 is 10.2 Å². The molecule has 3 rings (SSSR count). The first-order valence-corrected chi connectivity index (χ1v) is 7.09. The molecule has 2 fully saturated rings. The highest BCUT2D eigenvalue weighted by Crippen LogP contribution is 2.48. The summed E-state index contributed by atoms with van der Waals surface area (Å²) in [4.78, 5) is 26.4. The van der Waals surface area contributed by atoms with Crippen molar-refractivity contribution in [2.45, 2.75) is 25.7 Å². The maximum Gasteiger partial charge on any atom is 0.240 e. The lowest BCUT2D eigenvalue weighted by atomic mass is 10.0. The molecule has 2 amide bonds. The van der Waals surface area contributed by atoms with E-state index in [0.29, 0.717) is 25.9 Å². The fraction of sp³-hybridized carbons (Fsp3) is 0.467. The lowest BCUT2D eigenvalue weighted by molar-refractivity contribution is -0.141. The zero-order valence-corrected chi connectivity index (χ0v) is 11.5. The SMILES string of the molecule is O=C(Nc1ccc(F)c(F)c1)C1(C(=O)N2CCCC2)CC1. The first-order chi connectivity index (χ1) is 10.0. The molecule has 0 atom stereocenters. The minimum Gasteiger partial charge on any atom is -0.342 e. The van der Waals surface area contributed by atoms with Gasteiger partial charge in [-0.15, -0.1) is 0 Å².